The first-order valence-corrected chi connectivity index (χ1v) is 6.59. The second kappa shape index (κ2) is 6.17. The third-order valence-electron chi connectivity index (χ3n) is 3.46. The normalized spacial score (nSPS) is 17.3. The number of halogens is 1. The molecule has 1 aromatic rings. The smallest absolute Gasteiger partial charge is 0.130 e. The SMILES string of the molecule is COCC1=CCN(c2cccc(F)c2[C@H](C)N)CC1. The molecule has 2 rings (SSSR count). The zero-order chi connectivity index (χ0) is 13.8. The van der Waals surface area contributed by atoms with E-state index in [1.165, 1.54) is 11.6 Å². The van der Waals surface area contributed by atoms with Crippen LogP contribution >= 0.6 is 0 Å². The molecule has 1 aromatic carbocycles. The Labute approximate surface area is 113 Å². The molecule has 1 aliphatic rings. The monoisotopic (exact) mass is 264 g/mol. The largest absolute Gasteiger partial charge is 0.380 e. The molecule has 0 bridgehead atoms. The zero-order valence-corrected chi connectivity index (χ0v) is 11.5. The molecule has 0 unspecified atom stereocenters. The Morgan fingerprint density at radius 1 is 1.47 bits per heavy atom. The fourth-order valence-corrected chi connectivity index (χ4v) is 2.50. The van der Waals surface area contributed by atoms with E-state index in [1.807, 2.05) is 13.0 Å². The minimum atomic E-state index is -0.305. The molecule has 1 heterocycles. The molecule has 0 aliphatic carbocycles. The Hall–Kier alpha value is -1.39. The number of benzene rings is 1. The summed E-state index contributed by atoms with van der Waals surface area (Å²) >= 11 is 0. The number of nitrogens with zero attached hydrogens (tertiary/aromatic N) is 1. The van der Waals surface area contributed by atoms with E-state index in [-0.39, 0.29) is 11.9 Å². The number of hydrogen-bond donors (Lipinski definition) is 1. The van der Waals surface area contributed by atoms with Crippen LogP contribution in [0.3, 0.4) is 0 Å². The Morgan fingerprint density at radius 2 is 2.26 bits per heavy atom. The average molecular weight is 264 g/mol. The van der Waals surface area contributed by atoms with Gasteiger partial charge in [-0.2, -0.15) is 0 Å². The summed E-state index contributed by atoms with van der Waals surface area (Å²) in [6.07, 6.45) is 3.10. The second-order valence-corrected chi connectivity index (χ2v) is 4.95. The van der Waals surface area contributed by atoms with Crippen LogP contribution in [0.25, 0.3) is 0 Å². The van der Waals surface area contributed by atoms with Crippen molar-refractivity contribution < 1.29 is 9.13 Å². The maximum atomic E-state index is 13.9. The minimum Gasteiger partial charge on any atom is -0.380 e. The summed E-state index contributed by atoms with van der Waals surface area (Å²) in [4.78, 5) is 2.17. The fourth-order valence-electron chi connectivity index (χ4n) is 2.50. The van der Waals surface area contributed by atoms with Crippen molar-refractivity contribution >= 4 is 5.69 Å². The van der Waals surface area contributed by atoms with E-state index in [2.05, 4.69) is 11.0 Å². The minimum absolute atomic E-state index is 0.223. The van der Waals surface area contributed by atoms with Crippen molar-refractivity contribution in [2.75, 3.05) is 31.7 Å². The van der Waals surface area contributed by atoms with Crippen LogP contribution < -0.4 is 10.6 Å². The van der Waals surface area contributed by atoms with Crippen molar-refractivity contribution in [3.8, 4) is 0 Å². The van der Waals surface area contributed by atoms with Crippen LogP contribution in [0.2, 0.25) is 0 Å². The summed E-state index contributed by atoms with van der Waals surface area (Å²) in [5.41, 5.74) is 8.71. The first-order chi connectivity index (χ1) is 9.13. The van der Waals surface area contributed by atoms with E-state index in [9.17, 15) is 4.39 Å². The van der Waals surface area contributed by atoms with Crippen LogP contribution in [0.15, 0.2) is 29.8 Å². The molecule has 104 valence electrons. The molecular weight excluding hydrogens is 243 g/mol. The van der Waals surface area contributed by atoms with Crippen molar-refractivity contribution in [1.29, 1.82) is 0 Å². The van der Waals surface area contributed by atoms with Gasteiger partial charge < -0.3 is 15.4 Å². The molecule has 4 heteroatoms. The van der Waals surface area contributed by atoms with Crippen molar-refractivity contribution in [1.82, 2.24) is 0 Å². The molecule has 1 atom stereocenters. The standard InChI is InChI=1S/C15H21FN2O/c1-11(17)15-13(16)4-3-5-14(15)18-8-6-12(7-9-18)10-19-2/h3-6,11H,7-10,17H2,1-2H3/t11-/m0/s1. The van der Waals surface area contributed by atoms with Crippen LogP contribution in [0.5, 0.6) is 0 Å². The van der Waals surface area contributed by atoms with Gasteiger partial charge in [0.15, 0.2) is 0 Å². The van der Waals surface area contributed by atoms with Gasteiger partial charge in [-0.1, -0.05) is 12.1 Å². The third-order valence-corrected chi connectivity index (χ3v) is 3.46. The summed E-state index contributed by atoms with van der Waals surface area (Å²) in [7, 11) is 1.70. The van der Waals surface area contributed by atoms with E-state index in [1.54, 1.807) is 13.2 Å². The molecule has 0 spiro atoms. The molecule has 1 aliphatic heterocycles. The third kappa shape index (κ3) is 3.14. The van der Waals surface area contributed by atoms with Gasteiger partial charge in [-0.3, -0.25) is 0 Å². The first kappa shape index (κ1) is 14.0. The van der Waals surface area contributed by atoms with E-state index in [4.69, 9.17) is 10.5 Å². The van der Waals surface area contributed by atoms with E-state index >= 15 is 0 Å². The maximum absolute atomic E-state index is 13.9. The molecular formula is C15H21FN2O. The molecule has 2 N–H and O–H groups in total. The summed E-state index contributed by atoms with van der Waals surface area (Å²) in [5.74, 6) is -0.223. The van der Waals surface area contributed by atoms with Gasteiger partial charge in [0, 0.05) is 37.5 Å². The molecule has 0 fully saturated rings. The summed E-state index contributed by atoms with van der Waals surface area (Å²) in [6, 6.07) is 4.85. The van der Waals surface area contributed by atoms with Crippen LogP contribution in [0, 0.1) is 5.82 Å². The van der Waals surface area contributed by atoms with Crippen LogP contribution in [0.4, 0.5) is 10.1 Å². The molecule has 0 saturated carbocycles. The number of ether oxygens (including phenoxy) is 1. The lowest BCUT2D eigenvalue weighted by molar-refractivity contribution is 0.222. The highest BCUT2D eigenvalue weighted by molar-refractivity contribution is 5.56. The predicted molar refractivity (Wildman–Crippen MR) is 75.8 cm³/mol. The van der Waals surface area contributed by atoms with Crippen molar-refractivity contribution in [2.45, 2.75) is 19.4 Å². The number of anilines is 1. The lowest BCUT2D eigenvalue weighted by Gasteiger charge is -2.31. The van der Waals surface area contributed by atoms with Gasteiger partial charge in [-0.05, 0) is 31.1 Å². The first-order valence-electron chi connectivity index (χ1n) is 6.59. The Bertz CT molecular complexity index is 471. The molecule has 0 saturated heterocycles. The molecule has 3 nitrogen and oxygen atoms in total. The Kier molecular flexibility index (Phi) is 4.56. The Balaban J connectivity index is 2.22. The van der Waals surface area contributed by atoms with Gasteiger partial charge in [0.05, 0.1) is 6.61 Å². The molecule has 0 aromatic heterocycles. The number of methoxy groups -OCH3 is 1. The topological polar surface area (TPSA) is 38.5 Å². The highest BCUT2D eigenvalue weighted by Gasteiger charge is 2.19. The summed E-state index contributed by atoms with van der Waals surface area (Å²) < 4.78 is 19.0. The van der Waals surface area contributed by atoms with Gasteiger partial charge in [0.25, 0.3) is 0 Å². The van der Waals surface area contributed by atoms with Gasteiger partial charge in [0.1, 0.15) is 5.82 Å². The quantitative estimate of drug-likeness (QED) is 0.850. The van der Waals surface area contributed by atoms with Crippen molar-refractivity contribution in [2.24, 2.45) is 5.73 Å². The van der Waals surface area contributed by atoms with E-state index in [0.717, 1.165) is 25.2 Å². The van der Waals surface area contributed by atoms with Crippen LogP contribution in [-0.2, 0) is 4.74 Å². The highest BCUT2D eigenvalue weighted by Crippen LogP contribution is 2.29. The van der Waals surface area contributed by atoms with Crippen LogP contribution in [0.1, 0.15) is 24.9 Å². The maximum Gasteiger partial charge on any atom is 0.130 e. The predicted octanol–water partition coefficient (Wildman–Crippen LogP) is 2.63. The van der Waals surface area contributed by atoms with Crippen molar-refractivity contribution in [3.05, 3.63) is 41.2 Å². The Morgan fingerprint density at radius 3 is 2.84 bits per heavy atom. The van der Waals surface area contributed by atoms with Gasteiger partial charge in [-0.15, -0.1) is 0 Å². The van der Waals surface area contributed by atoms with Gasteiger partial charge in [0.2, 0.25) is 0 Å². The molecule has 0 radical (unpaired) electrons. The average Bonchev–Trinajstić information content (AvgIpc) is 2.39. The number of rotatable bonds is 4. The summed E-state index contributed by atoms with van der Waals surface area (Å²) in [6.45, 7) is 4.15. The van der Waals surface area contributed by atoms with E-state index < -0.39 is 0 Å². The summed E-state index contributed by atoms with van der Waals surface area (Å²) in [5, 5.41) is 0. The van der Waals surface area contributed by atoms with E-state index in [0.29, 0.717) is 12.2 Å². The van der Waals surface area contributed by atoms with Crippen molar-refractivity contribution in [3.63, 3.8) is 0 Å². The molecule has 19 heavy (non-hydrogen) atoms. The molecule has 0 amide bonds. The number of nitrogens with two attached hydrogens (primary N) is 1. The fraction of sp³-hybridized carbons (Fsp3) is 0.467. The lowest BCUT2D eigenvalue weighted by atomic mass is 10.0. The van der Waals surface area contributed by atoms with Gasteiger partial charge in [-0.25, -0.2) is 4.39 Å². The van der Waals surface area contributed by atoms with Crippen LogP contribution in [-0.4, -0.2) is 26.8 Å². The second-order valence-electron chi connectivity index (χ2n) is 4.95. The van der Waals surface area contributed by atoms with Gasteiger partial charge >= 0.3 is 0 Å². The lowest BCUT2D eigenvalue weighted by Crippen LogP contribution is -2.31. The number of hydrogen-bond acceptors (Lipinski definition) is 3. The zero-order valence-electron chi connectivity index (χ0n) is 11.5. The highest BCUT2D eigenvalue weighted by atomic mass is 19.1.